The van der Waals surface area contributed by atoms with Crippen LogP contribution in [0.4, 0.5) is 17.5 Å². The van der Waals surface area contributed by atoms with Crippen LogP contribution in [0, 0.1) is 0 Å². The molecule has 0 saturated heterocycles. The van der Waals surface area contributed by atoms with E-state index in [1.807, 2.05) is 37.3 Å². The molecule has 0 spiro atoms. The monoisotopic (exact) mass is 299 g/mol. The Hall–Kier alpha value is -2.40. The summed E-state index contributed by atoms with van der Waals surface area (Å²) in [6.45, 7) is 2.74. The minimum Gasteiger partial charge on any atom is -0.354 e. The van der Waals surface area contributed by atoms with Crippen LogP contribution < -0.4 is 10.6 Å². The van der Waals surface area contributed by atoms with Gasteiger partial charge in [-0.2, -0.15) is 4.98 Å². The van der Waals surface area contributed by atoms with Crippen LogP contribution in [0.1, 0.15) is 6.92 Å². The number of nitrogens with zero attached hydrogens (tertiary/aromatic N) is 3. The van der Waals surface area contributed by atoms with Crippen molar-refractivity contribution in [3.63, 3.8) is 0 Å². The number of pyridine rings is 1. The standard InChI is InChI=1S/C15H14ClN5/c1-2-17-15-19-9-11(16)14(21-15)20-13-7-3-6-12-10(13)5-4-8-18-12/h3-9H,2H2,1H3,(H2,17,19,20,21). The van der Waals surface area contributed by atoms with Crippen molar-refractivity contribution >= 4 is 40.0 Å². The fourth-order valence-electron chi connectivity index (χ4n) is 2.04. The molecule has 2 heterocycles. The Morgan fingerprint density at radius 1 is 1.14 bits per heavy atom. The summed E-state index contributed by atoms with van der Waals surface area (Å²) in [5.74, 6) is 1.11. The third-order valence-electron chi connectivity index (χ3n) is 2.98. The molecule has 0 unspecified atom stereocenters. The first-order valence-corrected chi connectivity index (χ1v) is 7.03. The molecule has 2 aromatic heterocycles. The van der Waals surface area contributed by atoms with Gasteiger partial charge in [0.25, 0.3) is 0 Å². The van der Waals surface area contributed by atoms with Crippen LogP contribution >= 0.6 is 11.6 Å². The van der Waals surface area contributed by atoms with E-state index in [4.69, 9.17) is 11.6 Å². The number of halogens is 1. The van der Waals surface area contributed by atoms with E-state index in [9.17, 15) is 0 Å². The van der Waals surface area contributed by atoms with Crippen LogP contribution in [0.3, 0.4) is 0 Å². The summed E-state index contributed by atoms with van der Waals surface area (Å²) in [6.07, 6.45) is 3.35. The van der Waals surface area contributed by atoms with Gasteiger partial charge in [-0.25, -0.2) is 4.98 Å². The van der Waals surface area contributed by atoms with Gasteiger partial charge in [0.1, 0.15) is 5.02 Å². The normalized spacial score (nSPS) is 10.6. The lowest BCUT2D eigenvalue weighted by molar-refractivity contribution is 1.09. The van der Waals surface area contributed by atoms with Crippen LogP contribution in [-0.4, -0.2) is 21.5 Å². The molecule has 3 aromatic rings. The molecule has 5 nitrogen and oxygen atoms in total. The van der Waals surface area contributed by atoms with Gasteiger partial charge in [0.15, 0.2) is 5.82 Å². The highest BCUT2D eigenvalue weighted by molar-refractivity contribution is 6.33. The zero-order chi connectivity index (χ0) is 14.7. The molecule has 21 heavy (non-hydrogen) atoms. The van der Waals surface area contributed by atoms with E-state index in [2.05, 4.69) is 25.6 Å². The lowest BCUT2D eigenvalue weighted by atomic mass is 10.2. The van der Waals surface area contributed by atoms with Crippen LogP contribution in [0.2, 0.25) is 5.02 Å². The summed E-state index contributed by atoms with van der Waals surface area (Å²) in [4.78, 5) is 12.8. The maximum atomic E-state index is 6.17. The zero-order valence-electron chi connectivity index (χ0n) is 11.5. The number of hydrogen-bond acceptors (Lipinski definition) is 5. The minimum absolute atomic E-state index is 0.470. The van der Waals surface area contributed by atoms with Crippen LogP contribution in [-0.2, 0) is 0 Å². The lowest BCUT2D eigenvalue weighted by Crippen LogP contribution is -2.04. The highest BCUT2D eigenvalue weighted by Crippen LogP contribution is 2.28. The first-order valence-electron chi connectivity index (χ1n) is 6.65. The maximum absolute atomic E-state index is 6.17. The summed E-state index contributed by atoms with van der Waals surface area (Å²) in [5, 5.41) is 7.80. The van der Waals surface area contributed by atoms with Gasteiger partial charge in [-0.05, 0) is 31.2 Å². The van der Waals surface area contributed by atoms with Gasteiger partial charge < -0.3 is 10.6 Å². The molecular formula is C15H14ClN5. The molecule has 0 atom stereocenters. The van der Waals surface area contributed by atoms with Crippen molar-refractivity contribution < 1.29 is 0 Å². The fraction of sp³-hybridized carbons (Fsp3) is 0.133. The van der Waals surface area contributed by atoms with Gasteiger partial charge in [0, 0.05) is 23.8 Å². The average Bonchev–Trinajstić information content (AvgIpc) is 2.51. The SMILES string of the molecule is CCNc1ncc(Cl)c(Nc2cccc3ncccc23)n1. The molecule has 0 saturated carbocycles. The second-order valence-corrected chi connectivity index (χ2v) is 4.83. The summed E-state index contributed by atoms with van der Waals surface area (Å²) < 4.78 is 0. The van der Waals surface area contributed by atoms with Crippen molar-refractivity contribution in [2.75, 3.05) is 17.2 Å². The molecule has 0 amide bonds. The van der Waals surface area contributed by atoms with Gasteiger partial charge in [-0.15, -0.1) is 0 Å². The molecule has 6 heteroatoms. The Labute approximate surface area is 127 Å². The molecular weight excluding hydrogens is 286 g/mol. The van der Waals surface area contributed by atoms with Crippen molar-refractivity contribution in [2.45, 2.75) is 6.92 Å². The molecule has 0 fully saturated rings. The average molecular weight is 300 g/mol. The Morgan fingerprint density at radius 2 is 2.05 bits per heavy atom. The molecule has 2 N–H and O–H groups in total. The number of aromatic nitrogens is 3. The number of nitrogens with one attached hydrogen (secondary N) is 2. The van der Waals surface area contributed by atoms with E-state index in [1.54, 1.807) is 12.4 Å². The van der Waals surface area contributed by atoms with Crippen LogP contribution in [0.5, 0.6) is 0 Å². The van der Waals surface area contributed by atoms with Crippen molar-refractivity contribution in [3.8, 4) is 0 Å². The quantitative estimate of drug-likeness (QED) is 0.766. The number of hydrogen-bond donors (Lipinski definition) is 2. The highest BCUT2D eigenvalue weighted by atomic mass is 35.5. The zero-order valence-corrected chi connectivity index (χ0v) is 12.2. The summed E-state index contributed by atoms with van der Waals surface area (Å²) in [5.41, 5.74) is 1.82. The van der Waals surface area contributed by atoms with Crippen molar-refractivity contribution in [3.05, 3.63) is 47.7 Å². The smallest absolute Gasteiger partial charge is 0.224 e. The first-order chi connectivity index (χ1) is 10.3. The number of benzene rings is 1. The van der Waals surface area contributed by atoms with E-state index in [-0.39, 0.29) is 0 Å². The van der Waals surface area contributed by atoms with E-state index in [1.165, 1.54) is 0 Å². The topological polar surface area (TPSA) is 62.7 Å². The summed E-state index contributed by atoms with van der Waals surface area (Å²) >= 11 is 6.17. The van der Waals surface area contributed by atoms with Crippen molar-refractivity contribution in [1.29, 1.82) is 0 Å². The van der Waals surface area contributed by atoms with Gasteiger partial charge in [-0.1, -0.05) is 17.7 Å². The molecule has 0 aliphatic heterocycles. The molecule has 0 radical (unpaired) electrons. The fourth-order valence-corrected chi connectivity index (χ4v) is 2.18. The van der Waals surface area contributed by atoms with E-state index in [0.717, 1.165) is 23.1 Å². The minimum atomic E-state index is 0.470. The Kier molecular flexibility index (Phi) is 3.83. The third-order valence-corrected chi connectivity index (χ3v) is 3.25. The van der Waals surface area contributed by atoms with Gasteiger partial charge in [0.2, 0.25) is 5.95 Å². The first kappa shape index (κ1) is 13.6. The lowest BCUT2D eigenvalue weighted by Gasteiger charge is -2.11. The Morgan fingerprint density at radius 3 is 2.90 bits per heavy atom. The molecule has 3 rings (SSSR count). The Balaban J connectivity index is 2.00. The van der Waals surface area contributed by atoms with Gasteiger partial charge >= 0.3 is 0 Å². The second kappa shape index (κ2) is 5.93. The third kappa shape index (κ3) is 2.87. The number of anilines is 3. The van der Waals surface area contributed by atoms with E-state index in [0.29, 0.717) is 16.8 Å². The predicted molar refractivity (Wildman–Crippen MR) is 86.2 cm³/mol. The predicted octanol–water partition coefficient (Wildman–Crippen LogP) is 3.85. The largest absolute Gasteiger partial charge is 0.354 e. The van der Waals surface area contributed by atoms with Gasteiger partial charge in [0.05, 0.1) is 11.7 Å². The molecule has 0 aliphatic carbocycles. The highest BCUT2D eigenvalue weighted by Gasteiger charge is 2.07. The summed E-state index contributed by atoms with van der Waals surface area (Å²) in [6, 6.07) is 9.78. The second-order valence-electron chi connectivity index (χ2n) is 4.42. The van der Waals surface area contributed by atoms with Crippen LogP contribution in [0.25, 0.3) is 10.9 Å². The number of fused-ring (bicyclic) bond motifs is 1. The summed E-state index contributed by atoms with van der Waals surface area (Å²) in [7, 11) is 0. The molecule has 0 bridgehead atoms. The molecule has 106 valence electrons. The van der Waals surface area contributed by atoms with Crippen molar-refractivity contribution in [1.82, 2.24) is 15.0 Å². The van der Waals surface area contributed by atoms with Crippen LogP contribution in [0.15, 0.2) is 42.7 Å². The van der Waals surface area contributed by atoms with E-state index >= 15 is 0 Å². The van der Waals surface area contributed by atoms with Crippen molar-refractivity contribution in [2.24, 2.45) is 0 Å². The Bertz CT molecular complexity index is 770. The number of rotatable bonds is 4. The molecule has 0 aliphatic rings. The maximum Gasteiger partial charge on any atom is 0.224 e. The van der Waals surface area contributed by atoms with E-state index < -0.39 is 0 Å². The van der Waals surface area contributed by atoms with Gasteiger partial charge in [-0.3, -0.25) is 4.98 Å². The molecule has 1 aromatic carbocycles.